The number of phenolic OH excluding ortho intramolecular Hbond substituents is 1. The van der Waals surface area contributed by atoms with E-state index in [9.17, 15) is 14.7 Å². The lowest BCUT2D eigenvalue weighted by atomic mass is 9.72. The summed E-state index contributed by atoms with van der Waals surface area (Å²) in [5.74, 6) is 1.53. The van der Waals surface area contributed by atoms with Crippen LogP contribution in [0.5, 0.6) is 5.75 Å². The van der Waals surface area contributed by atoms with E-state index in [4.69, 9.17) is 0 Å². The normalized spacial score (nSPS) is 31.2. The second-order valence-corrected chi connectivity index (χ2v) is 9.85. The lowest BCUT2D eigenvalue weighted by Crippen LogP contribution is -2.66. The number of fused-ring (bicyclic) bond motifs is 4. The molecule has 6 nitrogen and oxygen atoms in total. The highest BCUT2D eigenvalue weighted by atomic mass is 16.3. The molecule has 30 heavy (non-hydrogen) atoms. The third-order valence-corrected chi connectivity index (χ3v) is 7.80. The van der Waals surface area contributed by atoms with E-state index >= 15 is 0 Å². The number of carbonyl (C=O) groups excluding carboxylic acids is 2. The monoisotopic (exact) mass is 411 g/mol. The molecule has 3 aliphatic heterocycles. The fourth-order valence-corrected chi connectivity index (χ4v) is 5.97. The van der Waals surface area contributed by atoms with E-state index in [0.717, 1.165) is 44.5 Å². The van der Waals surface area contributed by atoms with Gasteiger partial charge in [0.05, 0.1) is 0 Å². The number of hydrogen-bond acceptors (Lipinski definition) is 4. The minimum atomic E-state index is 0.0185. The molecule has 0 spiro atoms. The number of nitrogens with one attached hydrogen (secondary N) is 1. The lowest BCUT2D eigenvalue weighted by molar-refractivity contribution is -0.123. The van der Waals surface area contributed by atoms with Gasteiger partial charge in [-0.05, 0) is 75.1 Å². The van der Waals surface area contributed by atoms with Crippen molar-refractivity contribution in [2.45, 2.75) is 57.5 Å². The molecule has 2 amide bonds. The van der Waals surface area contributed by atoms with Crippen LogP contribution in [0, 0.1) is 24.7 Å². The van der Waals surface area contributed by atoms with Crippen molar-refractivity contribution in [2.75, 3.05) is 26.2 Å². The Morgan fingerprint density at radius 2 is 1.93 bits per heavy atom. The molecule has 0 aromatic heterocycles. The van der Waals surface area contributed by atoms with Crippen molar-refractivity contribution in [3.8, 4) is 5.75 Å². The van der Waals surface area contributed by atoms with E-state index in [2.05, 4.69) is 10.2 Å². The summed E-state index contributed by atoms with van der Waals surface area (Å²) in [5.41, 5.74) is 1.35. The molecule has 3 saturated heterocycles. The molecular formula is C24H33N3O3. The predicted octanol–water partition coefficient (Wildman–Crippen LogP) is 2.54. The zero-order chi connectivity index (χ0) is 20.8. The second kappa shape index (κ2) is 7.88. The summed E-state index contributed by atoms with van der Waals surface area (Å²) in [4.78, 5) is 30.2. The first kappa shape index (κ1) is 19.9. The van der Waals surface area contributed by atoms with Crippen LogP contribution >= 0.6 is 0 Å². The summed E-state index contributed by atoms with van der Waals surface area (Å²) in [6.07, 6.45) is 6.88. The van der Waals surface area contributed by atoms with Gasteiger partial charge in [0.2, 0.25) is 5.91 Å². The Morgan fingerprint density at radius 3 is 2.70 bits per heavy atom. The summed E-state index contributed by atoms with van der Waals surface area (Å²) in [5, 5.41) is 13.3. The predicted molar refractivity (Wildman–Crippen MR) is 114 cm³/mol. The molecule has 2 N–H and O–H groups in total. The Balaban J connectivity index is 1.34. The number of likely N-dealkylation sites (tertiary alicyclic amines) is 1. The minimum absolute atomic E-state index is 0.0185. The van der Waals surface area contributed by atoms with Crippen LogP contribution in [0.4, 0.5) is 0 Å². The second-order valence-electron chi connectivity index (χ2n) is 9.85. The number of aryl methyl sites for hydroxylation is 1. The van der Waals surface area contributed by atoms with Crippen LogP contribution in [-0.4, -0.2) is 65.0 Å². The first-order valence-electron chi connectivity index (χ1n) is 11.6. The van der Waals surface area contributed by atoms with Crippen molar-refractivity contribution in [1.82, 2.24) is 15.1 Å². The number of piperidine rings is 3. The summed E-state index contributed by atoms with van der Waals surface area (Å²) < 4.78 is 0. The van der Waals surface area contributed by atoms with Crippen molar-refractivity contribution in [3.63, 3.8) is 0 Å². The molecule has 3 heterocycles. The zero-order valence-corrected chi connectivity index (χ0v) is 17.8. The number of rotatable bonds is 4. The summed E-state index contributed by atoms with van der Waals surface area (Å²) in [6, 6.07) is 6.06. The Kier molecular flexibility index (Phi) is 5.21. The van der Waals surface area contributed by atoms with E-state index in [1.165, 1.54) is 19.3 Å². The SMILES string of the molecule is Cc1ccc(C(=O)N2C[C@H]3C[C@@H](C2)[C@H](CNC(=O)C2CC2)N2CCCC[C@@H]32)cc1O. The fourth-order valence-electron chi connectivity index (χ4n) is 5.97. The molecule has 162 valence electrons. The fraction of sp³-hybridized carbons (Fsp3) is 0.667. The van der Waals surface area contributed by atoms with Gasteiger partial charge in [0.1, 0.15) is 5.75 Å². The Labute approximate surface area is 178 Å². The molecule has 1 aromatic rings. The third-order valence-electron chi connectivity index (χ3n) is 7.80. The number of nitrogens with zero attached hydrogens (tertiary/aromatic N) is 2. The molecule has 1 aromatic carbocycles. The average molecular weight is 412 g/mol. The van der Waals surface area contributed by atoms with Gasteiger partial charge in [-0.25, -0.2) is 0 Å². The number of amides is 2. The molecule has 1 saturated carbocycles. The Bertz CT molecular complexity index is 837. The van der Waals surface area contributed by atoms with Crippen LogP contribution in [0.2, 0.25) is 0 Å². The highest BCUT2D eigenvalue weighted by Crippen LogP contribution is 2.41. The molecule has 5 rings (SSSR count). The number of benzene rings is 1. The van der Waals surface area contributed by atoms with Gasteiger partial charge in [-0.2, -0.15) is 0 Å². The largest absolute Gasteiger partial charge is 0.508 e. The molecule has 6 heteroatoms. The van der Waals surface area contributed by atoms with Crippen LogP contribution in [0.25, 0.3) is 0 Å². The van der Waals surface area contributed by atoms with E-state index in [-0.39, 0.29) is 23.5 Å². The van der Waals surface area contributed by atoms with Crippen molar-refractivity contribution < 1.29 is 14.7 Å². The third kappa shape index (κ3) is 3.70. The quantitative estimate of drug-likeness (QED) is 0.799. The maximum absolute atomic E-state index is 13.3. The Hall–Kier alpha value is -2.08. The molecule has 4 aliphatic rings. The molecule has 2 bridgehead atoms. The van der Waals surface area contributed by atoms with Gasteiger partial charge in [0.15, 0.2) is 0 Å². The number of carbonyl (C=O) groups is 2. The summed E-state index contributed by atoms with van der Waals surface area (Å²) in [6.45, 7) is 5.19. The van der Waals surface area contributed by atoms with Crippen molar-refractivity contribution in [1.29, 1.82) is 0 Å². The number of phenols is 1. The first-order chi connectivity index (χ1) is 14.5. The van der Waals surface area contributed by atoms with Crippen LogP contribution in [-0.2, 0) is 4.79 Å². The summed E-state index contributed by atoms with van der Waals surface area (Å²) in [7, 11) is 0. The van der Waals surface area contributed by atoms with Crippen LogP contribution in [0.3, 0.4) is 0 Å². The van der Waals surface area contributed by atoms with Gasteiger partial charge in [-0.3, -0.25) is 14.5 Å². The van der Waals surface area contributed by atoms with Crippen LogP contribution in [0.1, 0.15) is 54.4 Å². The molecule has 0 unspecified atom stereocenters. The van der Waals surface area contributed by atoms with Gasteiger partial charge in [0.25, 0.3) is 5.91 Å². The first-order valence-corrected chi connectivity index (χ1v) is 11.6. The molecule has 4 atom stereocenters. The zero-order valence-electron chi connectivity index (χ0n) is 17.8. The van der Waals surface area contributed by atoms with Gasteiger partial charge in [-0.15, -0.1) is 0 Å². The highest BCUT2D eigenvalue weighted by Gasteiger charge is 2.48. The lowest BCUT2D eigenvalue weighted by Gasteiger charge is -2.56. The molecule has 4 fully saturated rings. The molecule has 0 radical (unpaired) electrons. The van der Waals surface area contributed by atoms with Gasteiger partial charge in [0, 0.05) is 43.2 Å². The van der Waals surface area contributed by atoms with E-state index in [0.29, 0.717) is 36.0 Å². The minimum Gasteiger partial charge on any atom is -0.508 e. The topological polar surface area (TPSA) is 72.9 Å². The van der Waals surface area contributed by atoms with E-state index < -0.39 is 0 Å². The van der Waals surface area contributed by atoms with Crippen LogP contribution in [0.15, 0.2) is 18.2 Å². The van der Waals surface area contributed by atoms with Gasteiger partial charge < -0.3 is 15.3 Å². The van der Waals surface area contributed by atoms with E-state index in [1.807, 2.05) is 24.0 Å². The smallest absolute Gasteiger partial charge is 0.254 e. The number of aromatic hydroxyl groups is 1. The molecular weight excluding hydrogens is 378 g/mol. The maximum atomic E-state index is 13.3. The van der Waals surface area contributed by atoms with Crippen molar-refractivity contribution in [2.24, 2.45) is 17.8 Å². The van der Waals surface area contributed by atoms with Gasteiger partial charge >= 0.3 is 0 Å². The van der Waals surface area contributed by atoms with Crippen molar-refractivity contribution in [3.05, 3.63) is 29.3 Å². The standard InChI is InChI=1S/C24H33N3O3/c1-15-5-6-17(11-22(15)28)24(30)26-13-18-10-19(14-26)21(12-25-23(29)16-7-8-16)27-9-3-2-4-20(18)27/h5-6,11,16,18-21,28H,2-4,7-10,12-14H2,1H3,(H,25,29)/t18-,19+,20+,21+/m1/s1. The number of hydrogen-bond donors (Lipinski definition) is 2. The van der Waals surface area contributed by atoms with Crippen LogP contribution < -0.4 is 5.32 Å². The summed E-state index contributed by atoms with van der Waals surface area (Å²) >= 11 is 0. The maximum Gasteiger partial charge on any atom is 0.254 e. The highest BCUT2D eigenvalue weighted by molar-refractivity contribution is 5.94. The van der Waals surface area contributed by atoms with Gasteiger partial charge in [-0.1, -0.05) is 12.5 Å². The van der Waals surface area contributed by atoms with Crippen molar-refractivity contribution >= 4 is 11.8 Å². The molecule has 1 aliphatic carbocycles. The Morgan fingerprint density at radius 1 is 1.13 bits per heavy atom. The van der Waals surface area contributed by atoms with E-state index in [1.54, 1.807) is 6.07 Å². The average Bonchev–Trinajstić information content (AvgIpc) is 3.60.